The second kappa shape index (κ2) is 10.7. The predicted molar refractivity (Wildman–Crippen MR) is 93.8 cm³/mol. The van der Waals surface area contributed by atoms with Crippen molar-refractivity contribution in [1.82, 2.24) is 10.2 Å². The maximum Gasteiger partial charge on any atom is 0.240 e. The van der Waals surface area contributed by atoms with Crippen LogP contribution in [0.2, 0.25) is 0 Å². The number of rotatable bonds is 5. The second-order valence-electron chi connectivity index (χ2n) is 6.40. The Hall–Kier alpha value is -0.0700. The van der Waals surface area contributed by atoms with E-state index in [2.05, 4.69) is 10.2 Å². The Balaban J connectivity index is 0.00000220. The molecule has 5 nitrogen and oxygen atoms in total. The minimum atomic E-state index is -0.618. The van der Waals surface area contributed by atoms with Crippen molar-refractivity contribution in [1.29, 1.82) is 0 Å². The molecule has 0 aromatic carbocycles. The lowest BCUT2D eigenvalue weighted by Crippen LogP contribution is -2.55. The molecule has 0 aromatic rings. The van der Waals surface area contributed by atoms with Crippen LogP contribution in [-0.2, 0) is 4.79 Å². The van der Waals surface area contributed by atoms with Crippen molar-refractivity contribution in [3.63, 3.8) is 0 Å². The Labute approximate surface area is 146 Å². The molecule has 0 bridgehead atoms. The quantitative estimate of drug-likeness (QED) is 0.652. The number of nitrogens with one attached hydrogen (secondary N) is 1. The lowest BCUT2D eigenvalue weighted by Gasteiger charge is -2.32. The summed E-state index contributed by atoms with van der Waals surface area (Å²) in [6, 6.07) is 0. The van der Waals surface area contributed by atoms with Gasteiger partial charge in [-0.05, 0) is 38.6 Å². The molecule has 2 aliphatic rings. The Morgan fingerprint density at radius 2 is 1.77 bits per heavy atom. The minimum absolute atomic E-state index is 0. The van der Waals surface area contributed by atoms with Crippen molar-refractivity contribution in [2.24, 2.45) is 5.73 Å². The van der Waals surface area contributed by atoms with Gasteiger partial charge in [0.2, 0.25) is 5.91 Å². The molecule has 0 spiro atoms. The summed E-state index contributed by atoms with van der Waals surface area (Å²) >= 11 is 0. The number of halogens is 2. The number of hydrogen-bond donors (Lipinski definition) is 3. The second-order valence-corrected chi connectivity index (χ2v) is 6.40. The molecule has 2 rings (SSSR count). The Morgan fingerprint density at radius 3 is 2.36 bits per heavy atom. The Bertz CT molecular complexity index is 318. The van der Waals surface area contributed by atoms with Gasteiger partial charge < -0.3 is 21.1 Å². The molecule has 0 unspecified atom stereocenters. The van der Waals surface area contributed by atoms with Crippen LogP contribution >= 0.6 is 24.8 Å². The van der Waals surface area contributed by atoms with Crippen LogP contribution in [0.1, 0.15) is 51.4 Å². The summed E-state index contributed by atoms with van der Waals surface area (Å²) in [6.45, 7) is 3.63. The number of amides is 1. The third-order valence-electron chi connectivity index (χ3n) is 4.69. The van der Waals surface area contributed by atoms with Crippen LogP contribution in [0, 0.1) is 0 Å². The first-order valence-corrected chi connectivity index (χ1v) is 8.08. The third-order valence-corrected chi connectivity index (χ3v) is 4.69. The van der Waals surface area contributed by atoms with Crippen LogP contribution in [0.5, 0.6) is 0 Å². The van der Waals surface area contributed by atoms with Crippen molar-refractivity contribution in [2.75, 3.05) is 26.2 Å². The van der Waals surface area contributed by atoms with E-state index in [0.717, 1.165) is 64.6 Å². The van der Waals surface area contributed by atoms with Gasteiger partial charge >= 0.3 is 0 Å². The van der Waals surface area contributed by atoms with Gasteiger partial charge in [0.15, 0.2) is 0 Å². The fourth-order valence-electron chi connectivity index (χ4n) is 3.23. The average Bonchev–Trinajstić information content (AvgIpc) is 2.46. The molecular formula is C15H31Cl2N3O2. The zero-order valence-electron chi connectivity index (χ0n) is 13.3. The Morgan fingerprint density at radius 1 is 1.18 bits per heavy atom. The molecule has 2 fully saturated rings. The van der Waals surface area contributed by atoms with E-state index in [0.29, 0.717) is 6.54 Å². The zero-order valence-corrected chi connectivity index (χ0v) is 14.9. The molecule has 1 aliphatic heterocycles. The van der Waals surface area contributed by atoms with Crippen molar-refractivity contribution >= 4 is 30.7 Å². The first kappa shape index (κ1) is 21.9. The summed E-state index contributed by atoms with van der Waals surface area (Å²) < 4.78 is 0. The topological polar surface area (TPSA) is 78.6 Å². The SMILES string of the molecule is Cl.Cl.NC1(C(=O)NCCCN2CCC(O)CC2)CCCCC1. The first-order valence-electron chi connectivity index (χ1n) is 8.08. The van der Waals surface area contributed by atoms with Gasteiger partial charge in [-0.25, -0.2) is 0 Å². The van der Waals surface area contributed by atoms with Gasteiger partial charge in [0.1, 0.15) is 0 Å². The fraction of sp³-hybridized carbons (Fsp3) is 0.933. The van der Waals surface area contributed by atoms with Crippen molar-refractivity contribution < 1.29 is 9.90 Å². The fourth-order valence-corrected chi connectivity index (χ4v) is 3.23. The van der Waals surface area contributed by atoms with Crippen LogP contribution < -0.4 is 11.1 Å². The van der Waals surface area contributed by atoms with E-state index in [-0.39, 0.29) is 36.8 Å². The number of carbonyl (C=O) groups excluding carboxylic acids is 1. The van der Waals surface area contributed by atoms with Gasteiger partial charge in [0, 0.05) is 19.6 Å². The van der Waals surface area contributed by atoms with Gasteiger partial charge in [0.05, 0.1) is 11.6 Å². The molecule has 4 N–H and O–H groups in total. The van der Waals surface area contributed by atoms with E-state index in [4.69, 9.17) is 5.73 Å². The number of nitrogens with two attached hydrogens (primary N) is 1. The zero-order chi connectivity index (χ0) is 14.4. The molecule has 1 saturated heterocycles. The van der Waals surface area contributed by atoms with E-state index in [1.54, 1.807) is 0 Å². The molecule has 1 heterocycles. The highest BCUT2D eigenvalue weighted by atomic mass is 35.5. The maximum atomic E-state index is 12.1. The highest BCUT2D eigenvalue weighted by molar-refractivity contribution is 5.86. The Kier molecular flexibility index (Phi) is 10.6. The van der Waals surface area contributed by atoms with Gasteiger partial charge in [-0.3, -0.25) is 4.79 Å². The normalized spacial score (nSPS) is 22.3. The van der Waals surface area contributed by atoms with E-state index in [1.807, 2.05) is 0 Å². The number of aliphatic hydroxyl groups excluding tert-OH is 1. The predicted octanol–water partition coefficient (Wildman–Crippen LogP) is 1.45. The number of hydrogen-bond acceptors (Lipinski definition) is 4. The molecule has 0 atom stereocenters. The van der Waals surface area contributed by atoms with Crippen LogP contribution in [-0.4, -0.2) is 53.7 Å². The summed E-state index contributed by atoms with van der Waals surface area (Å²) in [4.78, 5) is 14.5. The standard InChI is InChI=1S/C15H29N3O2.2ClH/c16-15(7-2-1-3-8-15)14(20)17-9-4-10-18-11-5-13(19)6-12-18;;/h13,19H,1-12,16H2,(H,17,20);2*1H. The largest absolute Gasteiger partial charge is 0.393 e. The van der Waals surface area contributed by atoms with Gasteiger partial charge in [0.25, 0.3) is 0 Å². The summed E-state index contributed by atoms with van der Waals surface area (Å²) in [6.07, 6.45) is 7.57. The summed E-state index contributed by atoms with van der Waals surface area (Å²) in [5, 5.41) is 12.4. The monoisotopic (exact) mass is 355 g/mol. The highest BCUT2D eigenvalue weighted by Gasteiger charge is 2.34. The molecule has 0 aromatic heterocycles. The lowest BCUT2D eigenvalue weighted by molar-refractivity contribution is -0.127. The third kappa shape index (κ3) is 6.59. The molecule has 132 valence electrons. The van der Waals surface area contributed by atoms with Crippen molar-refractivity contribution in [3.8, 4) is 0 Å². The number of aliphatic hydroxyl groups is 1. The number of likely N-dealkylation sites (tertiary alicyclic amines) is 1. The van der Waals surface area contributed by atoms with Gasteiger partial charge in [-0.15, -0.1) is 24.8 Å². The molecule has 22 heavy (non-hydrogen) atoms. The molecule has 1 amide bonds. The van der Waals surface area contributed by atoms with Crippen molar-refractivity contribution in [2.45, 2.75) is 63.0 Å². The van der Waals surface area contributed by atoms with E-state index in [9.17, 15) is 9.90 Å². The number of carbonyl (C=O) groups is 1. The van der Waals surface area contributed by atoms with Crippen molar-refractivity contribution in [3.05, 3.63) is 0 Å². The van der Waals surface area contributed by atoms with Crippen LogP contribution in [0.15, 0.2) is 0 Å². The molecular weight excluding hydrogens is 325 g/mol. The summed E-state index contributed by atoms with van der Waals surface area (Å²) in [7, 11) is 0. The average molecular weight is 356 g/mol. The van der Waals surface area contributed by atoms with E-state index < -0.39 is 5.54 Å². The summed E-state index contributed by atoms with van der Waals surface area (Å²) in [5.74, 6) is 0.0336. The summed E-state index contributed by atoms with van der Waals surface area (Å²) in [5.41, 5.74) is 5.58. The molecule has 0 radical (unpaired) electrons. The molecule has 7 heteroatoms. The first-order chi connectivity index (χ1) is 9.60. The molecule has 1 saturated carbocycles. The van der Waals surface area contributed by atoms with E-state index >= 15 is 0 Å². The van der Waals surface area contributed by atoms with E-state index in [1.165, 1.54) is 6.42 Å². The number of nitrogens with zero attached hydrogens (tertiary/aromatic N) is 1. The minimum Gasteiger partial charge on any atom is -0.393 e. The highest BCUT2D eigenvalue weighted by Crippen LogP contribution is 2.25. The number of piperidine rings is 1. The maximum absolute atomic E-state index is 12.1. The smallest absolute Gasteiger partial charge is 0.240 e. The lowest BCUT2D eigenvalue weighted by atomic mass is 9.82. The van der Waals surface area contributed by atoms with Gasteiger partial charge in [-0.2, -0.15) is 0 Å². The van der Waals surface area contributed by atoms with Gasteiger partial charge in [-0.1, -0.05) is 19.3 Å². The van der Waals surface area contributed by atoms with Crippen LogP contribution in [0.25, 0.3) is 0 Å². The van der Waals surface area contributed by atoms with Crippen LogP contribution in [0.4, 0.5) is 0 Å². The molecule has 1 aliphatic carbocycles. The van der Waals surface area contributed by atoms with Crippen LogP contribution in [0.3, 0.4) is 0 Å².